The van der Waals surface area contributed by atoms with Crippen molar-refractivity contribution in [2.24, 2.45) is 11.7 Å². The van der Waals surface area contributed by atoms with E-state index in [0.717, 1.165) is 0 Å². The van der Waals surface area contributed by atoms with Crippen LogP contribution in [0.5, 0.6) is 0 Å². The number of amides is 2. The van der Waals surface area contributed by atoms with Crippen LogP contribution in [0.4, 0.5) is 4.79 Å². The van der Waals surface area contributed by atoms with E-state index in [4.69, 9.17) is 10.5 Å². The average molecular weight is 338 g/mol. The third-order valence-electron chi connectivity index (χ3n) is 4.49. The summed E-state index contributed by atoms with van der Waals surface area (Å²) in [5, 5.41) is 2.69. The molecular weight excluding hydrogens is 316 g/mol. The SMILES string of the molecule is C[C@H](CNC(=O)OCC1c2ccccc2-c2ccccc21)CC(N)=O. The van der Waals surface area contributed by atoms with Crippen LogP contribution in [0.1, 0.15) is 30.4 Å². The first-order valence-electron chi connectivity index (χ1n) is 8.43. The molecule has 0 unspecified atom stereocenters. The fourth-order valence-corrected chi connectivity index (χ4v) is 3.32. The molecule has 0 heterocycles. The molecule has 0 saturated heterocycles. The molecule has 0 fully saturated rings. The quantitative estimate of drug-likeness (QED) is 0.849. The van der Waals surface area contributed by atoms with E-state index in [2.05, 4.69) is 29.6 Å². The van der Waals surface area contributed by atoms with E-state index in [-0.39, 0.29) is 30.8 Å². The number of hydrogen-bond donors (Lipinski definition) is 2. The van der Waals surface area contributed by atoms with Crippen LogP contribution in [0.25, 0.3) is 11.1 Å². The van der Waals surface area contributed by atoms with Gasteiger partial charge in [-0.2, -0.15) is 0 Å². The molecule has 0 saturated carbocycles. The molecular formula is C20H22N2O3. The maximum Gasteiger partial charge on any atom is 0.407 e. The number of hydrogen-bond acceptors (Lipinski definition) is 3. The lowest BCUT2D eigenvalue weighted by atomic mass is 9.98. The normalized spacial score (nSPS) is 13.6. The predicted octanol–water partition coefficient (Wildman–Crippen LogP) is 3.04. The summed E-state index contributed by atoms with van der Waals surface area (Å²) in [6.45, 7) is 2.50. The van der Waals surface area contributed by atoms with Crippen LogP contribution in [-0.4, -0.2) is 25.2 Å². The highest BCUT2D eigenvalue weighted by Gasteiger charge is 2.28. The van der Waals surface area contributed by atoms with Crippen LogP contribution in [0.15, 0.2) is 48.5 Å². The summed E-state index contributed by atoms with van der Waals surface area (Å²) in [5.41, 5.74) is 9.90. The number of nitrogens with two attached hydrogens (primary N) is 1. The van der Waals surface area contributed by atoms with E-state index in [1.54, 1.807) is 0 Å². The Kier molecular flexibility index (Phi) is 5.03. The number of rotatable bonds is 6. The van der Waals surface area contributed by atoms with Crippen molar-refractivity contribution in [2.75, 3.05) is 13.2 Å². The van der Waals surface area contributed by atoms with Crippen LogP contribution in [0.3, 0.4) is 0 Å². The molecule has 1 aliphatic rings. The van der Waals surface area contributed by atoms with Crippen molar-refractivity contribution in [2.45, 2.75) is 19.3 Å². The van der Waals surface area contributed by atoms with Crippen LogP contribution in [-0.2, 0) is 9.53 Å². The lowest BCUT2D eigenvalue weighted by Crippen LogP contribution is -2.31. The minimum absolute atomic E-state index is 0.0158. The van der Waals surface area contributed by atoms with Gasteiger partial charge in [-0.3, -0.25) is 4.79 Å². The molecule has 3 rings (SSSR count). The summed E-state index contributed by atoms with van der Waals surface area (Å²) < 4.78 is 5.43. The number of carbonyl (C=O) groups is 2. The van der Waals surface area contributed by atoms with Gasteiger partial charge in [-0.25, -0.2) is 4.79 Å². The lowest BCUT2D eigenvalue weighted by molar-refractivity contribution is -0.118. The molecule has 0 aliphatic heterocycles. The number of carbonyl (C=O) groups excluding carboxylic acids is 2. The maximum atomic E-state index is 12.0. The molecule has 2 amide bonds. The van der Waals surface area contributed by atoms with E-state index in [0.29, 0.717) is 6.54 Å². The van der Waals surface area contributed by atoms with Crippen molar-refractivity contribution >= 4 is 12.0 Å². The highest BCUT2D eigenvalue weighted by atomic mass is 16.5. The van der Waals surface area contributed by atoms with Crippen LogP contribution in [0, 0.1) is 5.92 Å². The van der Waals surface area contributed by atoms with Gasteiger partial charge in [0, 0.05) is 18.9 Å². The van der Waals surface area contributed by atoms with Gasteiger partial charge in [-0.1, -0.05) is 55.5 Å². The fraction of sp³-hybridized carbons (Fsp3) is 0.300. The lowest BCUT2D eigenvalue weighted by Gasteiger charge is -2.15. The van der Waals surface area contributed by atoms with Gasteiger partial charge in [0.25, 0.3) is 0 Å². The summed E-state index contributed by atoms with van der Waals surface area (Å²) in [7, 11) is 0. The number of primary amides is 1. The van der Waals surface area contributed by atoms with Crippen LogP contribution in [0.2, 0.25) is 0 Å². The third-order valence-corrected chi connectivity index (χ3v) is 4.49. The van der Waals surface area contributed by atoms with Crippen molar-refractivity contribution in [3.63, 3.8) is 0 Å². The first-order chi connectivity index (χ1) is 12.1. The molecule has 3 N–H and O–H groups in total. The fourth-order valence-electron chi connectivity index (χ4n) is 3.32. The maximum absolute atomic E-state index is 12.0. The van der Waals surface area contributed by atoms with Gasteiger partial charge in [0.05, 0.1) is 0 Å². The van der Waals surface area contributed by atoms with Crippen molar-refractivity contribution in [3.05, 3.63) is 59.7 Å². The Morgan fingerprint density at radius 3 is 2.20 bits per heavy atom. The summed E-state index contributed by atoms with van der Waals surface area (Å²) in [5.74, 6) is -0.346. The third kappa shape index (κ3) is 3.82. The smallest absolute Gasteiger partial charge is 0.407 e. The molecule has 130 valence electrons. The summed E-state index contributed by atoms with van der Waals surface area (Å²) in [6, 6.07) is 16.4. The Morgan fingerprint density at radius 2 is 1.64 bits per heavy atom. The van der Waals surface area contributed by atoms with E-state index in [1.807, 2.05) is 31.2 Å². The zero-order valence-electron chi connectivity index (χ0n) is 14.2. The molecule has 1 aliphatic carbocycles. The first kappa shape index (κ1) is 17.0. The highest BCUT2D eigenvalue weighted by Crippen LogP contribution is 2.44. The Labute approximate surface area is 147 Å². The molecule has 2 aromatic carbocycles. The Balaban J connectivity index is 1.62. The number of fused-ring (bicyclic) bond motifs is 3. The molecule has 25 heavy (non-hydrogen) atoms. The number of alkyl carbamates (subject to hydrolysis) is 1. The van der Waals surface area contributed by atoms with Crippen molar-refractivity contribution < 1.29 is 14.3 Å². The van der Waals surface area contributed by atoms with E-state index in [9.17, 15) is 9.59 Å². The molecule has 0 aromatic heterocycles. The monoisotopic (exact) mass is 338 g/mol. The molecule has 5 nitrogen and oxygen atoms in total. The van der Waals surface area contributed by atoms with Gasteiger partial charge in [-0.05, 0) is 28.2 Å². The molecule has 0 spiro atoms. The molecule has 0 radical (unpaired) electrons. The standard InChI is InChI=1S/C20H22N2O3/c1-13(10-19(21)23)11-22-20(24)25-12-18-16-8-4-2-6-14(16)15-7-3-5-9-17(15)18/h2-9,13,18H,10-12H2,1H3,(H2,21,23)(H,22,24)/t13-/m0/s1. The number of nitrogens with one attached hydrogen (secondary N) is 1. The Morgan fingerprint density at radius 1 is 1.08 bits per heavy atom. The summed E-state index contributed by atoms with van der Waals surface area (Å²) in [6.07, 6.45) is -0.234. The van der Waals surface area contributed by atoms with E-state index in [1.165, 1.54) is 22.3 Å². The van der Waals surface area contributed by atoms with E-state index >= 15 is 0 Å². The van der Waals surface area contributed by atoms with Gasteiger partial charge < -0.3 is 15.8 Å². The van der Waals surface area contributed by atoms with Crippen LogP contribution < -0.4 is 11.1 Å². The first-order valence-corrected chi connectivity index (χ1v) is 8.43. The van der Waals surface area contributed by atoms with Crippen molar-refractivity contribution in [3.8, 4) is 11.1 Å². The number of benzene rings is 2. The van der Waals surface area contributed by atoms with Gasteiger partial charge in [0.15, 0.2) is 0 Å². The van der Waals surface area contributed by atoms with Crippen molar-refractivity contribution in [1.29, 1.82) is 0 Å². The van der Waals surface area contributed by atoms with Gasteiger partial charge in [0.2, 0.25) is 5.91 Å². The zero-order valence-corrected chi connectivity index (χ0v) is 14.2. The Hall–Kier alpha value is -2.82. The second kappa shape index (κ2) is 7.38. The second-order valence-electron chi connectivity index (χ2n) is 6.48. The molecule has 1 atom stereocenters. The predicted molar refractivity (Wildman–Crippen MR) is 96.0 cm³/mol. The summed E-state index contributed by atoms with van der Waals surface area (Å²) >= 11 is 0. The average Bonchev–Trinajstić information content (AvgIpc) is 2.92. The minimum atomic E-state index is -0.474. The zero-order chi connectivity index (χ0) is 17.8. The number of ether oxygens (including phenoxy) is 1. The highest BCUT2D eigenvalue weighted by molar-refractivity contribution is 5.79. The van der Waals surface area contributed by atoms with Crippen molar-refractivity contribution in [1.82, 2.24) is 5.32 Å². The molecule has 2 aromatic rings. The Bertz CT molecular complexity index is 743. The molecule has 0 bridgehead atoms. The van der Waals surface area contributed by atoms with Gasteiger partial charge in [0.1, 0.15) is 6.61 Å². The van der Waals surface area contributed by atoms with Gasteiger partial charge in [-0.15, -0.1) is 0 Å². The minimum Gasteiger partial charge on any atom is -0.449 e. The second-order valence-corrected chi connectivity index (χ2v) is 6.48. The van der Waals surface area contributed by atoms with Gasteiger partial charge >= 0.3 is 6.09 Å². The summed E-state index contributed by atoms with van der Waals surface area (Å²) in [4.78, 5) is 22.8. The topological polar surface area (TPSA) is 81.4 Å². The van der Waals surface area contributed by atoms with E-state index < -0.39 is 6.09 Å². The molecule has 5 heteroatoms. The van der Waals surface area contributed by atoms with Crippen LogP contribution >= 0.6 is 0 Å². The largest absolute Gasteiger partial charge is 0.449 e.